The van der Waals surface area contributed by atoms with Crippen molar-refractivity contribution in [3.8, 4) is 5.75 Å². The Balaban J connectivity index is 1.36. The van der Waals surface area contributed by atoms with E-state index < -0.39 is 24.3 Å². The minimum Gasteiger partial charge on any atom is -0.424 e. The predicted octanol–water partition coefficient (Wildman–Crippen LogP) is 4.14. The summed E-state index contributed by atoms with van der Waals surface area (Å²) in [4.78, 5) is 40.7. The van der Waals surface area contributed by atoms with Gasteiger partial charge in [0.1, 0.15) is 12.3 Å². The number of amides is 2. The number of halogens is 1. The molecule has 0 saturated carbocycles. The van der Waals surface area contributed by atoms with Gasteiger partial charge in [0.05, 0.1) is 16.9 Å². The van der Waals surface area contributed by atoms with Gasteiger partial charge in [0, 0.05) is 11.8 Å². The van der Waals surface area contributed by atoms with E-state index >= 15 is 0 Å². The van der Waals surface area contributed by atoms with Crippen LogP contribution in [0.1, 0.15) is 34.1 Å². The molecule has 2 amide bonds. The van der Waals surface area contributed by atoms with E-state index in [2.05, 4.69) is 0 Å². The first-order chi connectivity index (χ1) is 15.6. The molecule has 0 unspecified atom stereocenters. The van der Waals surface area contributed by atoms with E-state index in [0.717, 1.165) is 27.2 Å². The molecule has 0 aromatic heterocycles. The van der Waals surface area contributed by atoms with Gasteiger partial charge in [-0.25, -0.2) is 4.79 Å². The lowest BCUT2D eigenvalue weighted by molar-refractivity contribution is -0.148. The molecular formula is C26H18ClNO4. The van der Waals surface area contributed by atoms with E-state index in [0.29, 0.717) is 0 Å². The quantitative estimate of drug-likeness (QED) is 0.347. The van der Waals surface area contributed by atoms with Crippen LogP contribution in [0.3, 0.4) is 0 Å². The fourth-order valence-corrected chi connectivity index (χ4v) is 5.88. The molecule has 1 saturated heterocycles. The highest BCUT2D eigenvalue weighted by Crippen LogP contribution is 2.60. The van der Waals surface area contributed by atoms with Gasteiger partial charge in [-0.2, -0.15) is 0 Å². The zero-order valence-corrected chi connectivity index (χ0v) is 17.7. The van der Waals surface area contributed by atoms with Crippen LogP contribution in [0.25, 0.3) is 0 Å². The summed E-state index contributed by atoms with van der Waals surface area (Å²) in [6.45, 7) is -0.429. The molecule has 2 atom stereocenters. The summed E-state index contributed by atoms with van der Waals surface area (Å²) >= 11 is 6.07. The van der Waals surface area contributed by atoms with Gasteiger partial charge in [0.2, 0.25) is 11.8 Å². The van der Waals surface area contributed by atoms with E-state index in [-0.39, 0.29) is 34.4 Å². The number of hydrogen-bond donors (Lipinski definition) is 0. The van der Waals surface area contributed by atoms with E-state index in [1.165, 1.54) is 0 Å². The third-order valence-electron chi connectivity index (χ3n) is 6.89. The third-order valence-corrected chi connectivity index (χ3v) is 7.20. The minimum atomic E-state index is -0.694. The summed E-state index contributed by atoms with van der Waals surface area (Å²) < 4.78 is 5.33. The summed E-state index contributed by atoms with van der Waals surface area (Å²) in [5.74, 6) is -2.52. The zero-order valence-electron chi connectivity index (χ0n) is 16.9. The smallest absolute Gasteiger partial charge is 0.331 e. The van der Waals surface area contributed by atoms with Crippen LogP contribution in [-0.2, 0) is 14.4 Å². The fraction of sp³-hybridized carbons (Fsp3) is 0.192. The second-order valence-electron chi connectivity index (χ2n) is 8.43. The average molecular weight is 444 g/mol. The average Bonchev–Trinajstić information content (AvgIpc) is 3.06. The van der Waals surface area contributed by atoms with Crippen molar-refractivity contribution >= 4 is 29.4 Å². The first-order valence-corrected chi connectivity index (χ1v) is 10.9. The van der Waals surface area contributed by atoms with Crippen molar-refractivity contribution in [3.63, 3.8) is 0 Å². The molecule has 4 aliphatic rings. The van der Waals surface area contributed by atoms with Crippen molar-refractivity contribution in [1.29, 1.82) is 0 Å². The van der Waals surface area contributed by atoms with Crippen molar-refractivity contribution in [2.75, 3.05) is 6.54 Å². The highest BCUT2D eigenvalue weighted by molar-refractivity contribution is 6.32. The number of nitrogens with zero attached hydrogens (tertiary/aromatic N) is 1. The Labute approximate surface area is 189 Å². The second kappa shape index (κ2) is 7.04. The summed E-state index contributed by atoms with van der Waals surface area (Å²) in [7, 11) is 0. The van der Waals surface area contributed by atoms with Gasteiger partial charge < -0.3 is 4.74 Å². The molecule has 0 N–H and O–H groups in total. The standard InChI is InChI=1S/C26H18ClNO4/c27-18-11-5-6-12-19(18)32-20(29)13-28-25(30)23-21-14-7-1-2-8-15(14)22(24(23)26(28)31)17-10-4-3-9-16(17)21/h1-12,21-24H,13H2/t21?,22?,23-,24+. The van der Waals surface area contributed by atoms with Gasteiger partial charge in [-0.3, -0.25) is 14.5 Å². The van der Waals surface area contributed by atoms with E-state index in [1.54, 1.807) is 24.3 Å². The molecular weight excluding hydrogens is 426 g/mol. The molecule has 2 bridgehead atoms. The number of rotatable bonds is 3. The van der Waals surface area contributed by atoms with Gasteiger partial charge in [-0.05, 0) is 34.4 Å². The Morgan fingerprint density at radius 1 is 0.750 bits per heavy atom. The van der Waals surface area contributed by atoms with E-state index in [9.17, 15) is 14.4 Å². The monoisotopic (exact) mass is 443 g/mol. The van der Waals surface area contributed by atoms with Crippen molar-refractivity contribution in [2.45, 2.75) is 11.8 Å². The van der Waals surface area contributed by atoms with E-state index in [4.69, 9.17) is 16.3 Å². The summed E-state index contributed by atoms with van der Waals surface area (Å²) in [6.07, 6.45) is 0. The topological polar surface area (TPSA) is 63.7 Å². The number of para-hydroxylation sites is 1. The maximum Gasteiger partial charge on any atom is 0.331 e. The van der Waals surface area contributed by atoms with E-state index in [1.807, 2.05) is 48.5 Å². The molecule has 3 aromatic carbocycles. The van der Waals surface area contributed by atoms with Crippen LogP contribution in [0, 0.1) is 11.8 Å². The lowest BCUT2D eigenvalue weighted by Gasteiger charge is -2.45. The van der Waals surface area contributed by atoms with Gasteiger partial charge in [0.15, 0.2) is 0 Å². The highest BCUT2D eigenvalue weighted by Gasteiger charge is 2.61. The Morgan fingerprint density at radius 2 is 1.19 bits per heavy atom. The van der Waals surface area contributed by atoms with Crippen molar-refractivity contribution in [3.05, 3.63) is 100 Å². The van der Waals surface area contributed by atoms with Crippen LogP contribution in [0.4, 0.5) is 0 Å². The Morgan fingerprint density at radius 3 is 1.66 bits per heavy atom. The van der Waals surface area contributed by atoms with Crippen LogP contribution < -0.4 is 4.74 Å². The molecule has 0 radical (unpaired) electrons. The maximum atomic E-state index is 13.5. The molecule has 1 heterocycles. The summed E-state index contributed by atoms with van der Waals surface area (Å²) in [5.41, 5.74) is 4.39. The zero-order chi connectivity index (χ0) is 22.0. The van der Waals surface area contributed by atoms with Crippen LogP contribution in [0.15, 0.2) is 72.8 Å². The number of imide groups is 1. The number of ether oxygens (including phenoxy) is 1. The van der Waals surface area contributed by atoms with Crippen molar-refractivity contribution < 1.29 is 19.1 Å². The normalized spacial score (nSPS) is 24.7. The Kier molecular flexibility index (Phi) is 4.24. The first-order valence-electron chi connectivity index (χ1n) is 10.5. The van der Waals surface area contributed by atoms with Crippen LogP contribution in [0.2, 0.25) is 5.02 Å². The second-order valence-corrected chi connectivity index (χ2v) is 8.84. The molecule has 1 fully saturated rings. The number of carbonyl (C=O) groups excluding carboxylic acids is 3. The van der Waals surface area contributed by atoms with Gasteiger partial charge in [-0.15, -0.1) is 0 Å². The number of esters is 1. The van der Waals surface area contributed by atoms with Gasteiger partial charge >= 0.3 is 5.97 Å². The molecule has 0 spiro atoms. The SMILES string of the molecule is O=C(CN1C(=O)[C@@H]2C3c4ccccc4C(c4ccccc43)[C@@H]2C1=O)Oc1ccccc1Cl. The summed E-state index contributed by atoms with van der Waals surface area (Å²) in [5, 5.41) is 0.289. The molecule has 32 heavy (non-hydrogen) atoms. The number of carbonyl (C=O) groups is 3. The van der Waals surface area contributed by atoms with Crippen LogP contribution in [-0.4, -0.2) is 29.2 Å². The highest BCUT2D eigenvalue weighted by atomic mass is 35.5. The Bertz CT molecular complexity index is 1190. The molecule has 3 aromatic rings. The molecule has 7 rings (SSSR count). The minimum absolute atomic E-state index is 0.196. The lowest BCUT2D eigenvalue weighted by Crippen LogP contribution is -2.41. The summed E-state index contributed by atoms with van der Waals surface area (Å²) in [6, 6.07) is 22.7. The molecule has 3 aliphatic carbocycles. The largest absolute Gasteiger partial charge is 0.424 e. The Hall–Kier alpha value is -3.44. The van der Waals surface area contributed by atoms with Crippen LogP contribution in [0.5, 0.6) is 5.75 Å². The fourth-order valence-electron chi connectivity index (χ4n) is 5.71. The predicted molar refractivity (Wildman–Crippen MR) is 117 cm³/mol. The van der Waals surface area contributed by atoms with Crippen molar-refractivity contribution in [2.24, 2.45) is 11.8 Å². The first kappa shape index (κ1) is 19.3. The molecule has 158 valence electrons. The molecule has 5 nitrogen and oxygen atoms in total. The maximum absolute atomic E-state index is 13.5. The number of hydrogen-bond acceptors (Lipinski definition) is 4. The van der Waals surface area contributed by atoms with Crippen molar-refractivity contribution in [1.82, 2.24) is 4.90 Å². The van der Waals surface area contributed by atoms with Crippen LogP contribution >= 0.6 is 11.6 Å². The molecule has 6 heteroatoms. The lowest BCUT2D eigenvalue weighted by atomic mass is 9.55. The van der Waals surface area contributed by atoms with Gasteiger partial charge in [0.25, 0.3) is 0 Å². The number of benzene rings is 3. The number of likely N-dealkylation sites (tertiary alicyclic amines) is 1. The van der Waals surface area contributed by atoms with Gasteiger partial charge in [-0.1, -0.05) is 72.3 Å². The third kappa shape index (κ3) is 2.61. The molecule has 1 aliphatic heterocycles.